The van der Waals surface area contributed by atoms with Gasteiger partial charge in [0.2, 0.25) is 0 Å². The Kier molecular flexibility index (Phi) is 5.52. The third-order valence-corrected chi connectivity index (χ3v) is 5.23. The van der Waals surface area contributed by atoms with E-state index in [0.29, 0.717) is 0 Å². The number of hydrogen-bond donors (Lipinski definition) is 1. The second-order valence-corrected chi connectivity index (χ2v) is 6.92. The summed E-state index contributed by atoms with van der Waals surface area (Å²) in [5.74, 6) is 0. The smallest absolute Gasteiger partial charge is 0.107 e. The van der Waals surface area contributed by atoms with Crippen LogP contribution >= 0.6 is 50.5 Å². The van der Waals surface area contributed by atoms with Crippen molar-refractivity contribution < 1.29 is 0 Å². The van der Waals surface area contributed by atoms with Crippen molar-refractivity contribution in [2.45, 2.75) is 13.0 Å². The highest BCUT2D eigenvalue weighted by atomic mass is 79.9. The van der Waals surface area contributed by atoms with Gasteiger partial charge in [-0.1, -0.05) is 35.3 Å². The first-order chi connectivity index (χ1) is 8.65. The van der Waals surface area contributed by atoms with E-state index in [1.165, 1.54) is 10.4 Å². The van der Waals surface area contributed by atoms with Crippen molar-refractivity contribution in [3.05, 3.63) is 54.6 Å². The summed E-state index contributed by atoms with van der Waals surface area (Å²) >= 11 is 16.8. The van der Waals surface area contributed by atoms with Gasteiger partial charge in [0.25, 0.3) is 0 Å². The highest BCUT2D eigenvalue weighted by molar-refractivity contribution is 9.10. The first kappa shape index (κ1) is 14.4. The fraction of sp³-hybridized carbons (Fsp3) is 0.231. The summed E-state index contributed by atoms with van der Waals surface area (Å²) in [4.78, 5) is 1.24. The highest BCUT2D eigenvalue weighted by Gasteiger charge is 2.03. The first-order valence-electron chi connectivity index (χ1n) is 5.54. The fourth-order valence-electron chi connectivity index (χ4n) is 1.57. The second-order valence-electron chi connectivity index (χ2n) is 3.89. The molecule has 0 radical (unpaired) electrons. The third-order valence-electron chi connectivity index (χ3n) is 2.50. The van der Waals surface area contributed by atoms with Crippen molar-refractivity contribution in [3.8, 4) is 0 Å². The molecule has 0 aliphatic carbocycles. The van der Waals surface area contributed by atoms with Gasteiger partial charge in [0.1, 0.15) is 4.34 Å². The van der Waals surface area contributed by atoms with Crippen molar-refractivity contribution in [3.63, 3.8) is 0 Å². The molecule has 0 bridgehead atoms. The van der Waals surface area contributed by atoms with Gasteiger partial charge >= 0.3 is 0 Å². The van der Waals surface area contributed by atoms with Crippen LogP contribution in [0.15, 0.2) is 34.8 Å². The summed E-state index contributed by atoms with van der Waals surface area (Å²) in [5, 5.41) is 4.19. The Labute approximate surface area is 129 Å². The average molecular weight is 365 g/mol. The second kappa shape index (κ2) is 6.92. The van der Waals surface area contributed by atoms with E-state index in [1.54, 1.807) is 11.3 Å². The minimum absolute atomic E-state index is 0.782. The van der Waals surface area contributed by atoms with Crippen LogP contribution < -0.4 is 5.32 Å². The van der Waals surface area contributed by atoms with Crippen LogP contribution in [-0.4, -0.2) is 6.54 Å². The maximum atomic E-state index is 5.98. The molecule has 1 aromatic carbocycles. The predicted molar refractivity (Wildman–Crippen MR) is 83.9 cm³/mol. The van der Waals surface area contributed by atoms with Crippen molar-refractivity contribution >= 4 is 50.5 Å². The van der Waals surface area contributed by atoms with Crippen LogP contribution in [0.1, 0.15) is 10.4 Å². The Morgan fingerprint density at radius 2 is 1.89 bits per heavy atom. The van der Waals surface area contributed by atoms with E-state index in [9.17, 15) is 0 Å². The summed E-state index contributed by atoms with van der Waals surface area (Å²) in [7, 11) is 0. The fourth-order valence-corrected chi connectivity index (χ4v) is 3.46. The van der Waals surface area contributed by atoms with Crippen molar-refractivity contribution in [1.82, 2.24) is 5.32 Å². The maximum absolute atomic E-state index is 5.98. The zero-order chi connectivity index (χ0) is 13.0. The van der Waals surface area contributed by atoms with Crippen LogP contribution in [0.3, 0.4) is 0 Å². The molecular weight excluding hydrogens is 353 g/mol. The molecule has 0 aliphatic heterocycles. The monoisotopic (exact) mass is 363 g/mol. The van der Waals surface area contributed by atoms with Gasteiger partial charge in [-0.25, -0.2) is 0 Å². The largest absolute Gasteiger partial charge is 0.312 e. The molecular formula is C13H12BrCl2NS. The van der Waals surface area contributed by atoms with Gasteiger partial charge in [-0.05, 0) is 52.7 Å². The average Bonchev–Trinajstić information content (AvgIpc) is 2.67. The Morgan fingerprint density at radius 3 is 2.50 bits per heavy atom. The molecule has 1 aromatic heterocycles. The lowest BCUT2D eigenvalue weighted by molar-refractivity contribution is 0.693. The Balaban J connectivity index is 1.74. The van der Waals surface area contributed by atoms with Gasteiger partial charge in [0.15, 0.2) is 0 Å². The number of halogens is 3. The molecule has 0 saturated heterocycles. The number of benzene rings is 1. The van der Waals surface area contributed by atoms with Crippen LogP contribution in [-0.2, 0) is 13.0 Å². The summed E-state index contributed by atoms with van der Waals surface area (Å²) < 4.78 is 1.79. The zero-order valence-electron chi connectivity index (χ0n) is 9.55. The molecule has 0 unspecified atom stereocenters. The normalized spacial score (nSPS) is 10.8. The van der Waals surface area contributed by atoms with E-state index in [-0.39, 0.29) is 0 Å². The molecule has 0 fully saturated rings. The summed E-state index contributed by atoms with van der Waals surface area (Å²) in [5.41, 5.74) is 1.29. The minimum Gasteiger partial charge on any atom is -0.312 e. The molecule has 1 N–H and O–H groups in total. The van der Waals surface area contributed by atoms with Crippen LogP contribution in [0.5, 0.6) is 0 Å². The third kappa shape index (κ3) is 4.25. The lowest BCUT2D eigenvalue weighted by Crippen LogP contribution is -2.15. The van der Waals surface area contributed by atoms with Crippen molar-refractivity contribution in [2.75, 3.05) is 6.54 Å². The molecule has 0 amide bonds. The highest BCUT2D eigenvalue weighted by Crippen LogP contribution is 2.31. The van der Waals surface area contributed by atoms with E-state index < -0.39 is 0 Å². The zero-order valence-corrected chi connectivity index (χ0v) is 13.5. The van der Waals surface area contributed by atoms with Gasteiger partial charge in [-0.3, -0.25) is 0 Å². The Bertz CT molecular complexity index is 491. The van der Waals surface area contributed by atoms with Gasteiger partial charge in [-0.15, -0.1) is 11.3 Å². The maximum Gasteiger partial charge on any atom is 0.107 e. The Hall–Kier alpha value is -0.0600. The molecule has 0 spiro atoms. The van der Waals surface area contributed by atoms with Crippen molar-refractivity contribution in [2.24, 2.45) is 0 Å². The van der Waals surface area contributed by atoms with Crippen LogP contribution in [0.25, 0.3) is 0 Å². The molecule has 0 aliphatic rings. The molecule has 18 heavy (non-hydrogen) atoms. The Morgan fingerprint density at radius 1 is 1.17 bits per heavy atom. The van der Waals surface area contributed by atoms with E-state index in [0.717, 1.165) is 33.3 Å². The van der Waals surface area contributed by atoms with E-state index >= 15 is 0 Å². The van der Waals surface area contributed by atoms with Gasteiger partial charge < -0.3 is 5.32 Å². The number of rotatable bonds is 5. The quantitative estimate of drug-likeness (QED) is 0.723. The number of hydrogen-bond acceptors (Lipinski definition) is 2. The molecule has 2 aromatic rings. The van der Waals surface area contributed by atoms with Gasteiger partial charge in [-0.2, -0.15) is 0 Å². The molecule has 96 valence electrons. The molecule has 1 nitrogen and oxygen atoms in total. The summed E-state index contributed by atoms with van der Waals surface area (Å²) in [6.07, 6.45) is 0.997. The summed E-state index contributed by atoms with van der Waals surface area (Å²) in [6, 6.07) is 10.0. The van der Waals surface area contributed by atoms with Gasteiger partial charge in [0.05, 0.1) is 0 Å². The van der Waals surface area contributed by atoms with Crippen LogP contribution in [0, 0.1) is 0 Å². The topological polar surface area (TPSA) is 12.0 Å². The first-order valence-corrected chi connectivity index (χ1v) is 7.90. The van der Waals surface area contributed by atoms with Crippen LogP contribution in [0.4, 0.5) is 0 Å². The lowest BCUT2D eigenvalue weighted by Gasteiger charge is -2.03. The summed E-state index contributed by atoms with van der Waals surface area (Å²) in [6.45, 7) is 1.79. The SMILES string of the molecule is Clc1ccc(CCNCc2cc(Br)c(Cl)s2)cc1. The number of nitrogens with one attached hydrogen (secondary N) is 1. The predicted octanol–water partition coefficient (Wildman–Crippen LogP) is 5.15. The van der Waals surface area contributed by atoms with E-state index in [4.69, 9.17) is 23.2 Å². The van der Waals surface area contributed by atoms with Crippen LogP contribution in [0.2, 0.25) is 9.36 Å². The molecule has 1 heterocycles. The standard InChI is InChI=1S/C13H12BrCl2NS/c14-12-7-11(18-13(12)16)8-17-6-5-9-1-3-10(15)4-2-9/h1-4,7,17H,5-6,8H2. The van der Waals surface area contributed by atoms with Crippen molar-refractivity contribution in [1.29, 1.82) is 0 Å². The minimum atomic E-state index is 0.782. The molecule has 0 atom stereocenters. The number of thiophene rings is 1. The van der Waals surface area contributed by atoms with E-state index in [2.05, 4.69) is 39.4 Å². The van der Waals surface area contributed by atoms with E-state index in [1.807, 2.05) is 12.1 Å². The lowest BCUT2D eigenvalue weighted by atomic mass is 10.1. The molecule has 5 heteroatoms. The molecule has 0 saturated carbocycles. The van der Waals surface area contributed by atoms with Gasteiger partial charge in [0, 0.05) is 20.9 Å². The molecule has 2 rings (SSSR count).